The van der Waals surface area contributed by atoms with Gasteiger partial charge in [-0.2, -0.15) is 0 Å². The second-order valence-electron chi connectivity index (χ2n) is 4.12. The first kappa shape index (κ1) is 11.7. The molecule has 1 aliphatic rings. The number of hydrogen-bond donors (Lipinski definition) is 0. The molecule has 3 rings (SSSR count). The van der Waals surface area contributed by atoms with Crippen molar-refractivity contribution in [2.75, 3.05) is 13.2 Å². The van der Waals surface area contributed by atoms with Gasteiger partial charge in [0.05, 0.1) is 17.2 Å². The molecule has 19 heavy (non-hydrogen) atoms. The smallest absolute Gasteiger partial charge is 0.350 e. The van der Waals surface area contributed by atoms with Crippen molar-refractivity contribution in [2.24, 2.45) is 0 Å². The van der Waals surface area contributed by atoms with E-state index in [4.69, 9.17) is 9.47 Å². The van der Waals surface area contributed by atoms with Crippen LogP contribution in [0.1, 0.15) is 0 Å². The number of epoxide rings is 1. The minimum atomic E-state index is -0.504. The van der Waals surface area contributed by atoms with E-state index in [2.05, 4.69) is 5.10 Å². The molecule has 1 fully saturated rings. The van der Waals surface area contributed by atoms with E-state index in [0.29, 0.717) is 6.61 Å². The fraction of sp³-hybridized carbons (Fsp3) is 0.250. The average molecular weight is 261 g/mol. The molecule has 98 valence electrons. The maximum Gasteiger partial charge on any atom is 0.350 e. The van der Waals surface area contributed by atoms with Crippen molar-refractivity contribution in [1.29, 1.82) is 0 Å². The Hall–Kier alpha value is -2.41. The number of benzene rings is 1. The van der Waals surface area contributed by atoms with Crippen LogP contribution in [0, 0.1) is 10.1 Å². The molecule has 0 amide bonds. The third-order valence-electron chi connectivity index (χ3n) is 2.69. The fourth-order valence-corrected chi connectivity index (χ4v) is 1.63. The first-order chi connectivity index (χ1) is 9.24. The molecule has 0 radical (unpaired) electrons. The zero-order valence-corrected chi connectivity index (χ0v) is 9.93. The number of nitro groups is 1. The summed E-state index contributed by atoms with van der Waals surface area (Å²) in [6, 6.07) is 9.15. The number of para-hydroxylation sites is 1. The van der Waals surface area contributed by atoms with Crippen LogP contribution in [0.25, 0.3) is 5.69 Å². The van der Waals surface area contributed by atoms with Crippen LogP contribution in [-0.2, 0) is 4.74 Å². The van der Waals surface area contributed by atoms with Gasteiger partial charge in [0, 0.05) is 0 Å². The monoisotopic (exact) mass is 261 g/mol. The molecule has 1 saturated heterocycles. The Kier molecular flexibility index (Phi) is 2.88. The predicted molar refractivity (Wildman–Crippen MR) is 65.5 cm³/mol. The second kappa shape index (κ2) is 4.69. The largest absolute Gasteiger partial charge is 0.469 e. The highest BCUT2D eigenvalue weighted by atomic mass is 16.6. The summed E-state index contributed by atoms with van der Waals surface area (Å²) in [4.78, 5) is 10.5. The summed E-state index contributed by atoms with van der Waals surface area (Å²) >= 11 is 0. The summed E-state index contributed by atoms with van der Waals surface area (Å²) in [5, 5.41) is 15.1. The number of rotatable bonds is 5. The Balaban J connectivity index is 1.89. The maximum absolute atomic E-state index is 11.0. The fourth-order valence-electron chi connectivity index (χ4n) is 1.63. The normalized spacial score (nSPS) is 17.2. The van der Waals surface area contributed by atoms with Crippen LogP contribution in [0.15, 0.2) is 36.5 Å². The van der Waals surface area contributed by atoms with Crippen LogP contribution in [0.3, 0.4) is 0 Å². The zero-order valence-electron chi connectivity index (χ0n) is 9.93. The van der Waals surface area contributed by atoms with Crippen LogP contribution >= 0.6 is 0 Å². The van der Waals surface area contributed by atoms with Gasteiger partial charge in [-0.15, -0.1) is 5.10 Å². The lowest BCUT2D eigenvalue weighted by atomic mass is 10.3. The van der Waals surface area contributed by atoms with E-state index in [1.54, 1.807) is 0 Å². The van der Waals surface area contributed by atoms with Gasteiger partial charge in [-0.1, -0.05) is 18.2 Å². The van der Waals surface area contributed by atoms with E-state index in [1.165, 1.54) is 10.9 Å². The lowest BCUT2D eigenvalue weighted by Crippen LogP contribution is -2.06. The van der Waals surface area contributed by atoms with Gasteiger partial charge in [0.2, 0.25) is 0 Å². The first-order valence-corrected chi connectivity index (χ1v) is 5.78. The number of aromatic nitrogens is 2. The summed E-state index contributed by atoms with van der Waals surface area (Å²) in [5.74, 6) is 0.0179. The van der Waals surface area contributed by atoms with Gasteiger partial charge in [0.15, 0.2) is 0 Å². The summed E-state index contributed by atoms with van der Waals surface area (Å²) < 4.78 is 11.8. The topological polar surface area (TPSA) is 82.7 Å². The van der Waals surface area contributed by atoms with Crippen molar-refractivity contribution in [2.45, 2.75) is 6.10 Å². The van der Waals surface area contributed by atoms with E-state index in [-0.39, 0.29) is 24.3 Å². The zero-order chi connectivity index (χ0) is 13.2. The molecule has 7 nitrogen and oxygen atoms in total. The van der Waals surface area contributed by atoms with Gasteiger partial charge in [0.25, 0.3) is 0 Å². The molecule has 0 N–H and O–H groups in total. The Morgan fingerprint density at radius 2 is 2.21 bits per heavy atom. The third-order valence-corrected chi connectivity index (χ3v) is 2.69. The van der Waals surface area contributed by atoms with Crippen molar-refractivity contribution in [3.05, 3.63) is 46.6 Å². The Morgan fingerprint density at radius 1 is 1.47 bits per heavy atom. The highest BCUT2D eigenvalue weighted by Crippen LogP contribution is 2.27. The van der Waals surface area contributed by atoms with Crippen LogP contribution in [0.5, 0.6) is 5.88 Å². The Bertz CT molecular complexity index is 592. The van der Waals surface area contributed by atoms with Crippen LogP contribution in [0.4, 0.5) is 5.69 Å². The van der Waals surface area contributed by atoms with Crippen molar-refractivity contribution < 1.29 is 14.4 Å². The van der Waals surface area contributed by atoms with Gasteiger partial charge in [-0.05, 0) is 12.1 Å². The molecule has 2 aromatic rings. The molecule has 1 unspecified atom stereocenters. The first-order valence-electron chi connectivity index (χ1n) is 5.78. The molecular formula is C12H11N3O4. The standard InChI is InChI=1S/C12H11N3O4/c16-15(17)11-6-14(9-4-2-1-3-5-9)13-12(11)19-8-10-7-18-10/h1-6,10H,7-8H2. The van der Waals surface area contributed by atoms with Gasteiger partial charge in [-0.25, -0.2) is 4.68 Å². The molecule has 0 aliphatic carbocycles. The van der Waals surface area contributed by atoms with Gasteiger partial charge in [-0.3, -0.25) is 10.1 Å². The van der Waals surface area contributed by atoms with Crippen molar-refractivity contribution >= 4 is 5.69 Å². The van der Waals surface area contributed by atoms with Crippen LogP contribution in [0.2, 0.25) is 0 Å². The second-order valence-corrected chi connectivity index (χ2v) is 4.12. The molecule has 0 spiro atoms. The molecular weight excluding hydrogens is 250 g/mol. The lowest BCUT2D eigenvalue weighted by molar-refractivity contribution is -0.385. The third kappa shape index (κ3) is 2.55. The number of nitrogens with zero attached hydrogens (tertiary/aromatic N) is 3. The van der Waals surface area contributed by atoms with E-state index in [1.807, 2.05) is 30.3 Å². The number of hydrogen-bond acceptors (Lipinski definition) is 5. The van der Waals surface area contributed by atoms with E-state index in [9.17, 15) is 10.1 Å². The van der Waals surface area contributed by atoms with Crippen molar-refractivity contribution in [3.63, 3.8) is 0 Å². The highest BCUT2D eigenvalue weighted by molar-refractivity contribution is 5.43. The molecule has 0 bridgehead atoms. The van der Waals surface area contributed by atoms with E-state index >= 15 is 0 Å². The van der Waals surface area contributed by atoms with E-state index < -0.39 is 4.92 Å². The molecule has 1 aliphatic heterocycles. The predicted octanol–water partition coefficient (Wildman–Crippen LogP) is 1.56. The molecule has 0 saturated carbocycles. The molecule has 1 atom stereocenters. The maximum atomic E-state index is 11.0. The summed E-state index contributed by atoms with van der Waals surface area (Å²) in [6.07, 6.45) is 1.37. The number of ether oxygens (including phenoxy) is 2. The Labute approximate surface area is 108 Å². The average Bonchev–Trinajstić information content (AvgIpc) is 3.15. The summed E-state index contributed by atoms with van der Waals surface area (Å²) in [5.41, 5.74) is 0.590. The van der Waals surface area contributed by atoms with Gasteiger partial charge >= 0.3 is 11.6 Å². The summed E-state index contributed by atoms with van der Waals surface area (Å²) in [6.45, 7) is 0.917. The SMILES string of the molecule is O=[N+]([O-])c1cn(-c2ccccc2)nc1OCC1CO1. The van der Waals surface area contributed by atoms with Gasteiger partial charge < -0.3 is 9.47 Å². The molecule has 1 aromatic carbocycles. The summed E-state index contributed by atoms with van der Waals surface area (Å²) in [7, 11) is 0. The lowest BCUT2D eigenvalue weighted by Gasteiger charge is -1.99. The van der Waals surface area contributed by atoms with Crippen molar-refractivity contribution in [3.8, 4) is 11.6 Å². The quantitative estimate of drug-likeness (QED) is 0.463. The van der Waals surface area contributed by atoms with E-state index in [0.717, 1.165) is 5.69 Å². The van der Waals surface area contributed by atoms with Gasteiger partial charge in [0.1, 0.15) is 18.9 Å². The molecule has 7 heteroatoms. The molecule has 1 aromatic heterocycles. The molecule has 2 heterocycles. The van der Waals surface area contributed by atoms with Crippen molar-refractivity contribution in [1.82, 2.24) is 9.78 Å². The minimum Gasteiger partial charge on any atom is -0.469 e. The van der Waals surface area contributed by atoms with Crippen LogP contribution in [-0.4, -0.2) is 34.0 Å². The highest BCUT2D eigenvalue weighted by Gasteiger charge is 2.27. The van der Waals surface area contributed by atoms with Crippen LogP contribution < -0.4 is 4.74 Å². The minimum absolute atomic E-state index is 0.0179. The Morgan fingerprint density at radius 3 is 2.84 bits per heavy atom.